The molecule has 12 aromatic rings. The van der Waals surface area contributed by atoms with E-state index in [2.05, 4.69) is 0 Å². The maximum Gasteiger partial charge on any atom is 0.147 e. The van der Waals surface area contributed by atoms with Crippen LogP contribution >= 0.6 is 0 Å². The highest BCUT2D eigenvalue weighted by Crippen LogP contribution is 2.50. The highest BCUT2D eigenvalue weighted by molar-refractivity contribution is 6.28. The van der Waals surface area contributed by atoms with E-state index in [-0.39, 0.29) is 28.3 Å². The van der Waals surface area contributed by atoms with Crippen LogP contribution in [0.25, 0.3) is 76.8 Å². The summed E-state index contributed by atoms with van der Waals surface area (Å²) in [5.74, 6) is -3.48. The molecule has 0 unspecified atom stereocenters. The lowest BCUT2D eigenvalue weighted by Crippen LogP contribution is -2.15. The Morgan fingerprint density at radius 2 is 0.662 bits per heavy atom. The quantitative estimate of drug-likeness (QED) is 0.0995. The van der Waals surface area contributed by atoms with Crippen molar-refractivity contribution in [2.75, 3.05) is 9.80 Å². The fourth-order valence-electron chi connectivity index (χ4n) is 10.3. The zero-order chi connectivity index (χ0) is 50.8. The summed E-state index contributed by atoms with van der Waals surface area (Å²) in [7, 11) is 0. The lowest BCUT2D eigenvalue weighted by Gasteiger charge is -2.30. The second-order valence-electron chi connectivity index (χ2n) is 18.6. The SMILES string of the molecule is Cc1ccc(F)c(N(c2cc(-c3ccc(-c4ccccc4)c(F)c3)ccc2F)c2ccc3ccc4c(N(c5cc(C)ccc5F)c5cc(-c6cc(-c7ccccc7)ccc6F)ccc5F)ccc5ccc2c3c54)c1. The number of halogens is 6. The van der Waals surface area contributed by atoms with E-state index in [9.17, 15) is 0 Å². The predicted molar refractivity (Wildman–Crippen MR) is 290 cm³/mol. The minimum Gasteiger partial charge on any atom is -0.304 e. The number of benzene rings is 12. The van der Waals surface area contributed by atoms with Gasteiger partial charge in [0, 0.05) is 21.9 Å². The average molecular weight is 977 g/mol. The van der Waals surface area contributed by atoms with Gasteiger partial charge in [0.15, 0.2) is 0 Å². The van der Waals surface area contributed by atoms with Crippen LogP contribution in [-0.4, -0.2) is 0 Å². The first-order valence-electron chi connectivity index (χ1n) is 24.1. The molecule has 0 aliphatic carbocycles. The third kappa shape index (κ3) is 8.05. The minimum atomic E-state index is -0.669. The van der Waals surface area contributed by atoms with Gasteiger partial charge < -0.3 is 9.80 Å². The lowest BCUT2D eigenvalue weighted by molar-refractivity contribution is 0.618. The highest BCUT2D eigenvalue weighted by Gasteiger charge is 2.27. The van der Waals surface area contributed by atoms with E-state index < -0.39 is 34.9 Å². The van der Waals surface area contributed by atoms with E-state index in [1.54, 1.807) is 71.6 Å². The normalized spacial score (nSPS) is 11.5. The van der Waals surface area contributed by atoms with Crippen molar-refractivity contribution in [1.82, 2.24) is 0 Å². The molecule has 0 amide bonds. The van der Waals surface area contributed by atoms with Crippen LogP contribution in [0.2, 0.25) is 0 Å². The zero-order valence-electron chi connectivity index (χ0n) is 39.9. The number of hydrogen-bond donors (Lipinski definition) is 0. The first-order valence-corrected chi connectivity index (χ1v) is 24.1. The lowest BCUT2D eigenvalue weighted by atomic mass is 9.91. The van der Waals surface area contributed by atoms with Gasteiger partial charge in [-0.1, -0.05) is 140 Å². The van der Waals surface area contributed by atoms with E-state index in [0.717, 1.165) is 43.8 Å². The molecule has 12 rings (SSSR count). The topological polar surface area (TPSA) is 6.48 Å². The fourth-order valence-corrected chi connectivity index (χ4v) is 10.3. The van der Waals surface area contributed by atoms with E-state index in [1.165, 1.54) is 47.4 Å². The number of nitrogens with zero attached hydrogens (tertiary/aromatic N) is 2. The van der Waals surface area contributed by atoms with E-state index in [1.807, 2.05) is 123 Å². The smallest absolute Gasteiger partial charge is 0.147 e. The third-order valence-electron chi connectivity index (χ3n) is 13.9. The van der Waals surface area contributed by atoms with Gasteiger partial charge in [0.1, 0.15) is 34.9 Å². The van der Waals surface area contributed by atoms with Crippen molar-refractivity contribution < 1.29 is 26.3 Å². The molecule has 0 aromatic heterocycles. The molecular weight excluding hydrogens is 935 g/mol. The molecule has 0 aliphatic rings. The Kier molecular flexibility index (Phi) is 11.5. The maximum absolute atomic E-state index is 16.8. The highest BCUT2D eigenvalue weighted by atomic mass is 19.1. The summed E-state index contributed by atoms with van der Waals surface area (Å²) < 4.78 is 98.5. The Bertz CT molecular complexity index is 4140. The van der Waals surface area contributed by atoms with E-state index in [0.29, 0.717) is 50.0 Å². The molecule has 0 bridgehead atoms. The summed E-state index contributed by atoms with van der Waals surface area (Å²) in [5, 5.41) is 4.36. The van der Waals surface area contributed by atoms with Gasteiger partial charge in [0.25, 0.3) is 0 Å². The Hall–Kier alpha value is -9.14. The van der Waals surface area contributed by atoms with Gasteiger partial charge in [0.05, 0.1) is 34.1 Å². The summed E-state index contributed by atoms with van der Waals surface area (Å²) >= 11 is 0. The van der Waals surface area contributed by atoms with E-state index >= 15 is 26.3 Å². The molecule has 0 saturated heterocycles. The zero-order valence-corrected chi connectivity index (χ0v) is 39.9. The molecule has 12 aromatic carbocycles. The van der Waals surface area contributed by atoms with Gasteiger partial charge >= 0.3 is 0 Å². The van der Waals surface area contributed by atoms with Gasteiger partial charge in [-0.2, -0.15) is 0 Å². The molecule has 0 spiro atoms. The molecule has 2 nitrogen and oxygen atoms in total. The van der Waals surface area contributed by atoms with Crippen molar-refractivity contribution in [3.63, 3.8) is 0 Å². The maximum atomic E-state index is 16.8. The van der Waals surface area contributed by atoms with Crippen molar-refractivity contribution in [3.8, 4) is 44.5 Å². The van der Waals surface area contributed by atoms with Gasteiger partial charge in [-0.15, -0.1) is 0 Å². The second-order valence-corrected chi connectivity index (χ2v) is 18.6. The first kappa shape index (κ1) is 46.0. The van der Waals surface area contributed by atoms with Crippen LogP contribution in [0.5, 0.6) is 0 Å². The van der Waals surface area contributed by atoms with Crippen molar-refractivity contribution in [2.24, 2.45) is 0 Å². The summed E-state index contributed by atoms with van der Waals surface area (Å²) in [4.78, 5) is 3.10. The summed E-state index contributed by atoms with van der Waals surface area (Å²) in [6.07, 6.45) is 0. The largest absolute Gasteiger partial charge is 0.304 e. The van der Waals surface area contributed by atoms with Gasteiger partial charge in [-0.05, 0) is 159 Å². The Morgan fingerprint density at radius 1 is 0.257 bits per heavy atom. The average Bonchev–Trinajstić information content (AvgIpc) is 3.43. The van der Waals surface area contributed by atoms with Crippen LogP contribution in [0.3, 0.4) is 0 Å². The number of aryl methyl sites for hydroxylation is 2. The molecule has 74 heavy (non-hydrogen) atoms. The van der Waals surface area contributed by atoms with Crippen molar-refractivity contribution in [2.45, 2.75) is 13.8 Å². The number of hydrogen-bond acceptors (Lipinski definition) is 2. The predicted octanol–water partition coefficient (Wildman–Crippen LogP) is 19.6. The van der Waals surface area contributed by atoms with Crippen molar-refractivity contribution >= 4 is 66.4 Å². The number of anilines is 6. The molecule has 0 saturated carbocycles. The van der Waals surface area contributed by atoms with Crippen LogP contribution in [0.1, 0.15) is 11.1 Å². The molecule has 358 valence electrons. The fraction of sp³-hybridized carbons (Fsp3) is 0.0303. The van der Waals surface area contributed by atoms with Crippen molar-refractivity contribution in [1.29, 1.82) is 0 Å². The molecule has 0 N–H and O–H groups in total. The van der Waals surface area contributed by atoms with Crippen LogP contribution in [0.4, 0.5) is 60.5 Å². The summed E-state index contributed by atoms with van der Waals surface area (Å²) in [6.45, 7) is 3.65. The first-order chi connectivity index (χ1) is 36.0. The molecule has 0 fully saturated rings. The Balaban J connectivity index is 1.06. The van der Waals surface area contributed by atoms with Gasteiger partial charge in [0.2, 0.25) is 0 Å². The minimum absolute atomic E-state index is 0.0155. The monoisotopic (exact) mass is 976 g/mol. The second kappa shape index (κ2) is 18.5. The standard InChI is InChI=1S/C66H42F6N2/c1-39-13-26-54(68)61(33-39)73(63-37-47(19-29-56(63)70)46-17-23-49(58(72)36-46)42-11-7-4-8-12-42)59-31-21-43-16-25-51-60(32-22-44-15-24-50(59)65(43)66(44)51)74(62-34-40(2)14-27-55(62)69)64-38-48(20-30-57(64)71)52-35-45(18-28-53(52)67)41-9-5-3-6-10-41/h3-38H,1-2H3. The van der Waals surface area contributed by atoms with Crippen molar-refractivity contribution in [3.05, 3.63) is 264 Å². The van der Waals surface area contributed by atoms with Crippen LogP contribution in [-0.2, 0) is 0 Å². The summed E-state index contributed by atoms with van der Waals surface area (Å²) in [5.41, 5.74) is 6.91. The Morgan fingerprint density at radius 3 is 1.19 bits per heavy atom. The number of rotatable bonds is 10. The van der Waals surface area contributed by atoms with E-state index in [4.69, 9.17) is 0 Å². The van der Waals surface area contributed by atoms with Crippen LogP contribution in [0.15, 0.2) is 218 Å². The summed E-state index contributed by atoms with van der Waals surface area (Å²) in [6, 6.07) is 61.6. The third-order valence-corrected chi connectivity index (χ3v) is 13.9. The molecule has 0 atom stereocenters. The molecule has 0 radical (unpaired) electrons. The Labute approximate surface area is 423 Å². The molecule has 8 heteroatoms. The van der Waals surface area contributed by atoms with Gasteiger partial charge in [-0.3, -0.25) is 0 Å². The molecule has 0 heterocycles. The molecule has 0 aliphatic heterocycles. The van der Waals surface area contributed by atoms with Crippen LogP contribution < -0.4 is 9.80 Å². The van der Waals surface area contributed by atoms with Gasteiger partial charge in [-0.25, -0.2) is 26.3 Å². The molecular formula is C66H42F6N2. The van der Waals surface area contributed by atoms with Crippen LogP contribution in [0, 0.1) is 48.8 Å².